The maximum absolute atomic E-state index is 13.4. The topological polar surface area (TPSA) is 86.3 Å². The molecule has 0 aliphatic carbocycles. The normalized spacial score (nSPS) is 15.2. The number of carbonyl (C=O) groups is 2. The van der Waals surface area contributed by atoms with Gasteiger partial charge in [0, 0.05) is 21.8 Å². The molecule has 0 spiro atoms. The predicted molar refractivity (Wildman–Crippen MR) is 118 cm³/mol. The minimum absolute atomic E-state index is 0.156. The highest BCUT2D eigenvalue weighted by Gasteiger charge is 2.43. The van der Waals surface area contributed by atoms with Gasteiger partial charge in [-0.1, -0.05) is 54.1 Å². The first-order valence-corrected chi connectivity index (χ1v) is 9.98. The molecule has 1 aliphatic heterocycles. The molecule has 0 fully saturated rings. The third kappa shape index (κ3) is 3.17. The zero-order valence-electron chi connectivity index (χ0n) is 16.1. The van der Waals surface area contributed by atoms with Gasteiger partial charge in [0.1, 0.15) is 5.69 Å². The van der Waals surface area contributed by atoms with Crippen molar-refractivity contribution in [2.75, 3.05) is 4.90 Å². The second-order valence-electron chi connectivity index (χ2n) is 7.21. The van der Waals surface area contributed by atoms with E-state index in [2.05, 4.69) is 10.2 Å². The minimum atomic E-state index is -1.02. The molecule has 0 radical (unpaired) electrons. The van der Waals surface area contributed by atoms with Crippen molar-refractivity contribution in [3.8, 4) is 11.3 Å². The van der Waals surface area contributed by atoms with Crippen LogP contribution in [0.3, 0.4) is 0 Å². The maximum Gasteiger partial charge on any atom is 0.335 e. The van der Waals surface area contributed by atoms with Crippen LogP contribution in [0, 0.1) is 0 Å². The standard InChI is InChI=1S/C24H16ClN3O3/c25-17-10-6-15(7-11-17)22-19-20(14-4-2-1-3-5-14)26-27-21(19)23(29)28(22)18-12-8-16(9-13-18)24(30)31/h1-13,22H,(H,26,27)(H,30,31). The monoisotopic (exact) mass is 429 g/mol. The first-order valence-electron chi connectivity index (χ1n) is 9.60. The van der Waals surface area contributed by atoms with Crippen LogP contribution in [0.1, 0.15) is 38.0 Å². The molecule has 152 valence electrons. The summed E-state index contributed by atoms with van der Waals surface area (Å²) in [5, 5.41) is 17.2. The summed E-state index contributed by atoms with van der Waals surface area (Å²) in [6.45, 7) is 0. The molecule has 2 N–H and O–H groups in total. The first-order chi connectivity index (χ1) is 15.0. The molecule has 2 heterocycles. The summed E-state index contributed by atoms with van der Waals surface area (Å²) < 4.78 is 0. The number of aromatic amines is 1. The molecule has 1 unspecified atom stereocenters. The number of rotatable bonds is 4. The van der Waals surface area contributed by atoms with E-state index in [0.29, 0.717) is 22.1 Å². The number of carboxylic acid groups (broad SMARTS) is 1. The summed E-state index contributed by atoms with van der Waals surface area (Å²) in [6, 6.07) is 22.8. The molecular formula is C24H16ClN3O3. The Morgan fingerprint density at radius 2 is 1.65 bits per heavy atom. The lowest BCUT2D eigenvalue weighted by molar-refractivity contribution is 0.0696. The average molecular weight is 430 g/mol. The van der Waals surface area contributed by atoms with Crippen molar-refractivity contribution in [1.82, 2.24) is 10.2 Å². The Morgan fingerprint density at radius 1 is 0.968 bits per heavy atom. The van der Waals surface area contributed by atoms with E-state index in [0.717, 1.165) is 16.7 Å². The molecule has 7 heteroatoms. The van der Waals surface area contributed by atoms with Crippen molar-refractivity contribution in [3.63, 3.8) is 0 Å². The Bertz CT molecular complexity index is 1280. The van der Waals surface area contributed by atoms with Gasteiger partial charge in [0.05, 0.1) is 17.3 Å². The first kappa shape index (κ1) is 19.1. The molecule has 1 atom stereocenters. The highest BCUT2D eigenvalue weighted by molar-refractivity contribution is 6.30. The Morgan fingerprint density at radius 3 is 2.29 bits per heavy atom. The lowest BCUT2D eigenvalue weighted by atomic mass is 9.96. The third-order valence-electron chi connectivity index (χ3n) is 5.39. The summed E-state index contributed by atoms with van der Waals surface area (Å²) in [4.78, 5) is 26.3. The zero-order valence-corrected chi connectivity index (χ0v) is 16.9. The fourth-order valence-corrected chi connectivity index (χ4v) is 4.08. The van der Waals surface area contributed by atoms with Gasteiger partial charge in [-0.15, -0.1) is 0 Å². The van der Waals surface area contributed by atoms with E-state index in [-0.39, 0.29) is 11.5 Å². The highest BCUT2D eigenvalue weighted by Crippen LogP contribution is 2.45. The van der Waals surface area contributed by atoms with E-state index in [1.165, 1.54) is 12.1 Å². The molecule has 0 saturated heterocycles. The number of benzene rings is 3. The van der Waals surface area contributed by atoms with Crippen LogP contribution in [0.5, 0.6) is 0 Å². The summed E-state index contributed by atoms with van der Waals surface area (Å²) in [5.41, 5.74) is 4.42. The Hall–Kier alpha value is -3.90. The van der Waals surface area contributed by atoms with Crippen LogP contribution in [-0.4, -0.2) is 27.2 Å². The molecular weight excluding hydrogens is 414 g/mol. The van der Waals surface area contributed by atoms with Crippen molar-refractivity contribution in [1.29, 1.82) is 0 Å². The molecule has 6 nitrogen and oxygen atoms in total. The van der Waals surface area contributed by atoms with Crippen LogP contribution in [0.2, 0.25) is 5.02 Å². The molecule has 1 aromatic heterocycles. The zero-order chi connectivity index (χ0) is 21.5. The number of amides is 1. The van der Waals surface area contributed by atoms with E-state index in [1.807, 2.05) is 42.5 Å². The summed E-state index contributed by atoms with van der Waals surface area (Å²) in [5.74, 6) is -1.25. The predicted octanol–water partition coefficient (Wildman–Crippen LogP) is 5.18. The van der Waals surface area contributed by atoms with Gasteiger partial charge in [-0.3, -0.25) is 14.8 Å². The molecule has 31 heavy (non-hydrogen) atoms. The second-order valence-corrected chi connectivity index (χ2v) is 7.64. The van der Waals surface area contributed by atoms with Crippen molar-refractivity contribution in [3.05, 3.63) is 106 Å². The van der Waals surface area contributed by atoms with E-state index in [9.17, 15) is 14.7 Å². The largest absolute Gasteiger partial charge is 0.478 e. The number of fused-ring (bicyclic) bond motifs is 1. The molecule has 4 aromatic rings. The number of hydrogen-bond donors (Lipinski definition) is 2. The van der Waals surface area contributed by atoms with Crippen LogP contribution in [-0.2, 0) is 0 Å². The van der Waals surface area contributed by atoms with E-state index in [4.69, 9.17) is 11.6 Å². The lowest BCUT2D eigenvalue weighted by Crippen LogP contribution is -2.29. The van der Waals surface area contributed by atoms with Gasteiger partial charge in [-0.25, -0.2) is 4.79 Å². The van der Waals surface area contributed by atoms with Gasteiger partial charge in [-0.2, -0.15) is 5.10 Å². The van der Waals surface area contributed by atoms with Crippen LogP contribution in [0.25, 0.3) is 11.3 Å². The quantitative estimate of drug-likeness (QED) is 0.468. The SMILES string of the molecule is O=C(O)c1ccc(N2C(=O)c3[nH]nc(-c4ccccc4)c3C2c2ccc(Cl)cc2)cc1. The smallest absolute Gasteiger partial charge is 0.335 e. The molecule has 0 saturated carbocycles. The highest BCUT2D eigenvalue weighted by atomic mass is 35.5. The fourth-order valence-electron chi connectivity index (χ4n) is 3.95. The second kappa shape index (κ2) is 7.41. The number of carbonyl (C=O) groups excluding carboxylic acids is 1. The van der Waals surface area contributed by atoms with Gasteiger partial charge < -0.3 is 5.11 Å². The molecule has 5 rings (SSSR count). The molecule has 0 bridgehead atoms. The van der Waals surface area contributed by atoms with E-state index in [1.54, 1.807) is 29.2 Å². The molecule has 1 aliphatic rings. The van der Waals surface area contributed by atoms with Gasteiger partial charge >= 0.3 is 5.97 Å². The molecule has 1 amide bonds. The number of aromatic nitrogens is 2. The van der Waals surface area contributed by atoms with E-state index >= 15 is 0 Å². The number of anilines is 1. The van der Waals surface area contributed by atoms with Crippen LogP contribution in [0.4, 0.5) is 5.69 Å². The number of H-pyrrole nitrogens is 1. The summed E-state index contributed by atoms with van der Waals surface area (Å²) in [6.07, 6.45) is 0. The Kier molecular flexibility index (Phi) is 4.56. The summed E-state index contributed by atoms with van der Waals surface area (Å²) in [7, 11) is 0. The average Bonchev–Trinajstić information content (AvgIpc) is 3.34. The maximum atomic E-state index is 13.4. The lowest BCUT2D eigenvalue weighted by Gasteiger charge is -2.26. The Balaban J connectivity index is 1.69. The van der Waals surface area contributed by atoms with Gasteiger partial charge in [0.25, 0.3) is 5.91 Å². The van der Waals surface area contributed by atoms with Gasteiger partial charge in [-0.05, 0) is 42.0 Å². The number of halogens is 1. The number of aromatic carboxylic acids is 1. The third-order valence-corrected chi connectivity index (χ3v) is 5.65. The van der Waals surface area contributed by atoms with Gasteiger partial charge in [0.2, 0.25) is 0 Å². The number of hydrogen-bond acceptors (Lipinski definition) is 3. The number of carboxylic acids is 1. The number of nitrogens with zero attached hydrogens (tertiary/aromatic N) is 2. The van der Waals surface area contributed by atoms with Crippen LogP contribution >= 0.6 is 11.6 Å². The van der Waals surface area contributed by atoms with E-state index < -0.39 is 12.0 Å². The fraction of sp³-hybridized carbons (Fsp3) is 0.0417. The van der Waals surface area contributed by atoms with Crippen LogP contribution in [0.15, 0.2) is 78.9 Å². The van der Waals surface area contributed by atoms with Crippen molar-refractivity contribution in [2.24, 2.45) is 0 Å². The minimum Gasteiger partial charge on any atom is -0.478 e. The Labute approximate surface area is 182 Å². The van der Waals surface area contributed by atoms with Gasteiger partial charge in [0.15, 0.2) is 0 Å². The van der Waals surface area contributed by atoms with Crippen LogP contribution < -0.4 is 4.90 Å². The van der Waals surface area contributed by atoms with Crippen molar-refractivity contribution >= 4 is 29.2 Å². The summed E-state index contributed by atoms with van der Waals surface area (Å²) >= 11 is 6.10. The molecule has 3 aromatic carbocycles. The number of nitrogens with one attached hydrogen (secondary N) is 1. The van der Waals surface area contributed by atoms with Crippen molar-refractivity contribution in [2.45, 2.75) is 6.04 Å². The van der Waals surface area contributed by atoms with Crippen molar-refractivity contribution < 1.29 is 14.7 Å².